The van der Waals surface area contributed by atoms with Gasteiger partial charge in [0.1, 0.15) is 17.4 Å². The van der Waals surface area contributed by atoms with Crippen molar-refractivity contribution in [1.82, 2.24) is 14.6 Å². The van der Waals surface area contributed by atoms with Crippen molar-refractivity contribution < 1.29 is 9.13 Å². The maximum absolute atomic E-state index is 13.6. The summed E-state index contributed by atoms with van der Waals surface area (Å²) in [5.41, 5.74) is 9.07. The van der Waals surface area contributed by atoms with Crippen molar-refractivity contribution >= 4 is 11.5 Å². The third-order valence-corrected chi connectivity index (χ3v) is 7.42. The van der Waals surface area contributed by atoms with Crippen molar-refractivity contribution in [2.24, 2.45) is 5.92 Å². The van der Waals surface area contributed by atoms with E-state index in [0.29, 0.717) is 5.92 Å². The molecule has 0 bridgehead atoms. The first-order valence-electron chi connectivity index (χ1n) is 12.6. The average Bonchev–Trinajstić information content (AvgIpc) is 3.38. The van der Waals surface area contributed by atoms with Crippen LogP contribution in [-0.4, -0.2) is 28.3 Å². The second kappa shape index (κ2) is 8.67. The Morgan fingerprint density at radius 2 is 1.83 bits per heavy atom. The molecule has 0 spiro atoms. The first-order valence-corrected chi connectivity index (χ1v) is 12.6. The normalized spacial score (nSPS) is 15.0. The number of benzene rings is 2. The van der Waals surface area contributed by atoms with E-state index in [1.54, 1.807) is 19.2 Å². The minimum atomic E-state index is -0.198. The fraction of sp³-hybridized carbons (Fsp3) is 0.379. The third kappa shape index (κ3) is 4.05. The van der Waals surface area contributed by atoms with Gasteiger partial charge in [0.15, 0.2) is 5.65 Å². The summed E-state index contributed by atoms with van der Waals surface area (Å²) in [4.78, 5) is 7.63. The average molecular weight is 471 g/mol. The Labute approximate surface area is 205 Å². The molecule has 5 nitrogen and oxygen atoms in total. The largest absolute Gasteiger partial charge is 0.497 e. The highest BCUT2D eigenvalue weighted by Gasteiger charge is 2.30. The zero-order valence-electron chi connectivity index (χ0n) is 20.6. The quantitative estimate of drug-likeness (QED) is 0.329. The summed E-state index contributed by atoms with van der Waals surface area (Å²) >= 11 is 0. The zero-order chi connectivity index (χ0) is 24.1. The second-order valence-electron chi connectivity index (χ2n) is 10.1. The van der Waals surface area contributed by atoms with Crippen molar-refractivity contribution in [1.29, 1.82) is 0 Å². The minimum absolute atomic E-state index is 0.198. The molecule has 2 aliphatic carbocycles. The van der Waals surface area contributed by atoms with Crippen molar-refractivity contribution in [3.63, 3.8) is 0 Å². The number of hydrogen-bond acceptors (Lipinski definition) is 4. The van der Waals surface area contributed by atoms with Gasteiger partial charge in [-0.15, -0.1) is 0 Å². The van der Waals surface area contributed by atoms with E-state index >= 15 is 0 Å². The number of fused-ring (bicyclic) bond motifs is 2. The number of aryl methyl sites for hydroxylation is 3. The number of aromatic nitrogens is 3. The van der Waals surface area contributed by atoms with E-state index in [9.17, 15) is 4.39 Å². The Morgan fingerprint density at radius 1 is 1.09 bits per heavy atom. The number of nitrogens with zero attached hydrogens (tertiary/aromatic N) is 4. The van der Waals surface area contributed by atoms with Crippen molar-refractivity contribution in [3.8, 4) is 16.9 Å². The lowest BCUT2D eigenvalue weighted by Crippen LogP contribution is -2.29. The molecule has 0 amide bonds. The van der Waals surface area contributed by atoms with Gasteiger partial charge in [0.05, 0.1) is 13.3 Å². The molecular weight excluding hydrogens is 439 g/mol. The molecule has 2 aromatic heterocycles. The first kappa shape index (κ1) is 22.1. The number of halogens is 1. The third-order valence-electron chi connectivity index (χ3n) is 7.42. The SMILES string of the molecule is COc1cc(C)c(-c2cnn3c(N(Cc4ccc(F)cc4)CC4CC4)c4c(nc23)CCC4)c(C)c1. The maximum Gasteiger partial charge on any atom is 0.165 e. The van der Waals surface area contributed by atoms with E-state index in [4.69, 9.17) is 14.8 Å². The van der Waals surface area contributed by atoms with Gasteiger partial charge in [-0.25, -0.2) is 9.37 Å². The lowest BCUT2D eigenvalue weighted by Gasteiger charge is -2.28. The fourth-order valence-corrected chi connectivity index (χ4v) is 5.57. The van der Waals surface area contributed by atoms with Gasteiger partial charge in [0, 0.05) is 29.9 Å². The van der Waals surface area contributed by atoms with E-state index < -0.39 is 0 Å². The van der Waals surface area contributed by atoms with E-state index in [1.165, 1.54) is 29.7 Å². The van der Waals surface area contributed by atoms with Crippen LogP contribution in [0.25, 0.3) is 16.8 Å². The summed E-state index contributed by atoms with van der Waals surface area (Å²) < 4.78 is 21.1. The number of anilines is 1. The molecule has 0 N–H and O–H groups in total. The molecule has 6 heteroatoms. The van der Waals surface area contributed by atoms with Crippen molar-refractivity contribution in [2.75, 3.05) is 18.6 Å². The van der Waals surface area contributed by atoms with Gasteiger partial charge in [-0.05, 0) is 98.4 Å². The molecule has 1 saturated carbocycles. The smallest absolute Gasteiger partial charge is 0.165 e. The molecule has 0 atom stereocenters. The molecule has 6 rings (SSSR count). The van der Waals surface area contributed by atoms with Crippen LogP contribution in [0.15, 0.2) is 42.6 Å². The summed E-state index contributed by atoms with van der Waals surface area (Å²) in [6, 6.07) is 11.1. The van der Waals surface area contributed by atoms with Crippen LogP contribution < -0.4 is 9.64 Å². The van der Waals surface area contributed by atoms with Gasteiger partial charge < -0.3 is 9.64 Å². The van der Waals surface area contributed by atoms with E-state index in [-0.39, 0.29) is 5.82 Å². The highest BCUT2D eigenvalue weighted by molar-refractivity contribution is 5.83. The van der Waals surface area contributed by atoms with E-state index in [2.05, 4.69) is 35.4 Å². The number of rotatable bonds is 7. The van der Waals surface area contributed by atoms with Crippen LogP contribution in [-0.2, 0) is 19.4 Å². The van der Waals surface area contributed by atoms with E-state index in [1.807, 2.05) is 18.3 Å². The standard InChI is InChI=1S/C29H31FN4O/c1-18-13-23(35-3)14-19(2)27(18)25-15-31-34-28(25)32-26-6-4-5-24(26)29(34)33(16-20-7-8-20)17-21-9-11-22(30)12-10-21/h9-15,20H,4-8,16-17H2,1-3H3. The van der Waals surface area contributed by atoms with Gasteiger partial charge in [0.2, 0.25) is 0 Å². The summed E-state index contributed by atoms with van der Waals surface area (Å²) in [7, 11) is 1.70. The van der Waals surface area contributed by atoms with Gasteiger partial charge in [-0.3, -0.25) is 0 Å². The molecule has 0 unspecified atom stereocenters. The summed E-state index contributed by atoms with van der Waals surface area (Å²) in [5.74, 6) is 2.53. The summed E-state index contributed by atoms with van der Waals surface area (Å²) in [6.45, 7) is 5.96. The Balaban J connectivity index is 1.52. The molecule has 35 heavy (non-hydrogen) atoms. The van der Waals surface area contributed by atoms with Gasteiger partial charge in [-0.2, -0.15) is 9.61 Å². The lowest BCUT2D eigenvalue weighted by atomic mass is 9.97. The molecule has 1 fully saturated rings. The Hall–Kier alpha value is -3.41. The Kier molecular flexibility index (Phi) is 5.47. The minimum Gasteiger partial charge on any atom is -0.497 e. The highest BCUT2D eigenvalue weighted by Crippen LogP contribution is 2.39. The van der Waals surface area contributed by atoms with Gasteiger partial charge in [0.25, 0.3) is 0 Å². The molecule has 0 radical (unpaired) electrons. The van der Waals surface area contributed by atoms with Crippen LogP contribution >= 0.6 is 0 Å². The second-order valence-corrected chi connectivity index (χ2v) is 10.1. The molecule has 2 heterocycles. The molecule has 0 saturated heterocycles. The van der Waals surface area contributed by atoms with Crippen LogP contribution in [0.4, 0.5) is 10.2 Å². The summed E-state index contributed by atoms with van der Waals surface area (Å²) in [5, 5.41) is 4.92. The number of ether oxygens (including phenoxy) is 1. The predicted octanol–water partition coefficient (Wildman–Crippen LogP) is 6.07. The lowest BCUT2D eigenvalue weighted by molar-refractivity contribution is 0.414. The van der Waals surface area contributed by atoms with Crippen LogP contribution in [0.5, 0.6) is 5.75 Å². The first-order chi connectivity index (χ1) is 17.0. The molecule has 180 valence electrons. The Morgan fingerprint density at radius 3 is 2.51 bits per heavy atom. The van der Waals surface area contributed by atoms with Crippen LogP contribution in [0, 0.1) is 25.6 Å². The van der Waals surface area contributed by atoms with Crippen LogP contribution in [0.1, 0.15) is 47.2 Å². The molecule has 4 aromatic rings. The molecule has 0 aliphatic heterocycles. The fourth-order valence-electron chi connectivity index (χ4n) is 5.57. The monoisotopic (exact) mass is 470 g/mol. The van der Waals surface area contributed by atoms with Crippen LogP contribution in [0.2, 0.25) is 0 Å². The highest BCUT2D eigenvalue weighted by atomic mass is 19.1. The molecule has 2 aromatic carbocycles. The van der Waals surface area contributed by atoms with E-state index in [0.717, 1.165) is 71.8 Å². The Bertz CT molecular complexity index is 1380. The van der Waals surface area contributed by atoms with Crippen LogP contribution in [0.3, 0.4) is 0 Å². The summed E-state index contributed by atoms with van der Waals surface area (Å²) in [6.07, 6.45) is 7.64. The maximum atomic E-state index is 13.6. The predicted molar refractivity (Wildman–Crippen MR) is 137 cm³/mol. The number of methoxy groups -OCH3 is 1. The zero-order valence-corrected chi connectivity index (χ0v) is 20.6. The molecule has 2 aliphatic rings. The van der Waals surface area contributed by atoms with Crippen molar-refractivity contribution in [2.45, 2.75) is 52.5 Å². The molecular formula is C29H31FN4O. The van der Waals surface area contributed by atoms with Gasteiger partial charge in [-0.1, -0.05) is 12.1 Å². The van der Waals surface area contributed by atoms with Gasteiger partial charge >= 0.3 is 0 Å². The topological polar surface area (TPSA) is 42.7 Å². The number of hydrogen-bond donors (Lipinski definition) is 0. The van der Waals surface area contributed by atoms with Crippen molar-refractivity contribution in [3.05, 3.63) is 76.4 Å².